The number of fused-ring (bicyclic) bond motifs is 1. The Hall–Kier alpha value is -2.19. The van der Waals surface area contributed by atoms with E-state index in [2.05, 4.69) is 4.99 Å². The molecule has 0 fully saturated rings. The van der Waals surface area contributed by atoms with Crippen LogP contribution < -0.4 is 14.9 Å². The van der Waals surface area contributed by atoms with Gasteiger partial charge in [-0.15, -0.1) is 11.3 Å². The van der Waals surface area contributed by atoms with Crippen LogP contribution >= 0.6 is 45.9 Å². The molecular weight excluding hydrogens is 475 g/mol. The summed E-state index contributed by atoms with van der Waals surface area (Å²) in [6, 6.07) is 8.31. The summed E-state index contributed by atoms with van der Waals surface area (Å²) in [4.78, 5) is 32.3. The average Bonchev–Trinajstić information content (AvgIpc) is 3.31. The van der Waals surface area contributed by atoms with Crippen LogP contribution in [-0.2, 0) is 9.53 Å². The smallest absolute Gasteiger partial charge is 0.338 e. The summed E-state index contributed by atoms with van der Waals surface area (Å²) in [5.41, 5.74) is 1.36. The van der Waals surface area contributed by atoms with Crippen LogP contribution in [0.2, 0.25) is 10.0 Å². The first-order valence-electron chi connectivity index (χ1n) is 9.48. The number of thiazole rings is 1. The van der Waals surface area contributed by atoms with Crippen molar-refractivity contribution in [3.05, 3.63) is 87.2 Å². The van der Waals surface area contributed by atoms with Gasteiger partial charge in [-0.1, -0.05) is 46.7 Å². The van der Waals surface area contributed by atoms with Crippen molar-refractivity contribution in [3.63, 3.8) is 0 Å². The first kappa shape index (κ1) is 22.0. The van der Waals surface area contributed by atoms with Gasteiger partial charge < -0.3 is 4.74 Å². The number of esters is 1. The van der Waals surface area contributed by atoms with Crippen molar-refractivity contribution in [3.8, 4) is 0 Å². The first-order chi connectivity index (χ1) is 14.8. The number of aromatic nitrogens is 1. The van der Waals surface area contributed by atoms with Crippen molar-refractivity contribution in [1.29, 1.82) is 0 Å². The van der Waals surface area contributed by atoms with Crippen LogP contribution in [0.3, 0.4) is 0 Å². The highest BCUT2D eigenvalue weighted by molar-refractivity contribution is 7.10. The third-order valence-corrected chi connectivity index (χ3v) is 7.12. The Labute approximate surface area is 196 Å². The van der Waals surface area contributed by atoms with Crippen molar-refractivity contribution in [1.82, 2.24) is 4.57 Å². The maximum Gasteiger partial charge on any atom is 0.338 e. The number of hydrogen-bond donors (Lipinski definition) is 0. The van der Waals surface area contributed by atoms with Gasteiger partial charge >= 0.3 is 5.97 Å². The van der Waals surface area contributed by atoms with Gasteiger partial charge in [0.1, 0.15) is 6.04 Å². The fraction of sp³-hybridized carbons (Fsp3) is 0.227. The fourth-order valence-corrected chi connectivity index (χ4v) is 5.66. The van der Waals surface area contributed by atoms with Crippen molar-refractivity contribution in [2.75, 3.05) is 0 Å². The maximum absolute atomic E-state index is 13.4. The van der Waals surface area contributed by atoms with Crippen LogP contribution in [0.5, 0.6) is 0 Å². The molecule has 31 heavy (non-hydrogen) atoms. The molecule has 3 aromatic rings. The number of nitrogens with zero attached hydrogens (tertiary/aromatic N) is 2. The Morgan fingerprint density at radius 1 is 1.29 bits per heavy atom. The Balaban J connectivity index is 1.93. The van der Waals surface area contributed by atoms with E-state index < -0.39 is 12.0 Å². The van der Waals surface area contributed by atoms with E-state index in [4.69, 9.17) is 27.9 Å². The van der Waals surface area contributed by atoms with E-state index in [0.717, 1.165) is 4.88 Å². The summed E-state index contributed by atoms with van der Waals surface area (Å²) in [6.45, 7) is 5.35. The minimum Gasteiger partial charge on any atom is -0.459 e. The third-order valence-electron chi connectivity index (χ3n) is 4.65. The molecule has 1 aliphatic rings. The topological polar surface area (TPSA) is 60.7 Å². The SMILES string of the molecule is CC1=C(C(=O)OC(C)C)[C@@H](c2cccs2)n2c(s/c(=C/c3ccc(Cl)cc3Cl)c2=O)=N1. The van der Waals surface area contributed by atoms with Gasteiger partial charge in [0, 0.05) is 14.9 Å². The highest BCUT2D eigenvalue weighted by Crippen LogP contribution is 2.33. The Kier molecular flexibility index (Phi) is 6.21. The van der Waals surface area contributed by atoms with Gasteiger partial charge in [-0.25, -0.2) is 9.79 Å². The molecule has 0 amide bonds. The van der Waals surface area contributed by atoms with Gasteiger partial charge in [0.05, 0.1) is 21.9 Å². The third kappa shape index (κ3) is 4.28. The molecule has 160 valence electrons. The molecule has 1 aliphatic heterocycles. The van der Waals surface area contributed by atoms with Gasteiger partial charge in [0.2, 0.25) is 0 Å². The minimum absolute atomic E-state index is 0.240. The van der Waals surface area contributed by atoms with Crippen molar-refractivity contribution in [2.24, 2.45) is 4.99 Å². The van der Waals surface area contributed by atoms with Crippen LogP contribution in [0, 0.1) is 0 Å². The van der Waals surface area contributed by atoms with Crippen LogP contribution in [0.4, 0.5) is 0 Å². The van der Waals surface area contributed by atoms with Crippen molar-refractivity contribution in [2.45, 2.75) is 32.9 Å². The number of hydrogen-bond acceptors (Lipinski definition) is 6. The average molecular weight is 493 g/mol. The second-order valence-electron chi connectivity index (χ2n) is 7.22. The molecule has 1 atom stereocenters. The number of carbonyl (C=O) groups excluding carboxylic acids is 1. The number of ether oxygens (including phenoxy) is 1. The zero-order chi connectivity index (χ0) is 22.3. The predicted molar refractivity (Wildman–Crippen MR) is 126 cm³/mol. The zero-order valence-corrected chi connectivity index (χ0v) is 20.0. The summed E-state index contributed by atoms with van der Waals surface area (Å²) < 4.78 is 7.50. The summed E-state index contributed by atoms with van der Waals surface area (Å²) in [6.07, 6.45) is 1.44. The molecule has 3 heterocycles. The molecule has 0 aliphatic carbocycles. The van der Waals surface area contributed by atoms with E-state index >= 15 is 0 Å². The Morgan fingerprint density at radius 3 is 2.71 bits per heavy atom. The molecule has 0 unspecified atom stereocenters. The van der Waals surface area contributed by atoms with E-state index in [-0.39, 0.29) is 11.7 Å². The van der Waals surface area contributed by atoms with Gasteiger partial charge in [0.25, 0.3) is 5.56 Å². The molecular formula is C22H18Cl2N2O3S2. The monoisotopic (exact) mass is 492 g/mol. The Bertz CT molecular complexity index is 1370. The molecule has 0 radical (unpaired) electrons. The van der Waals surface area contributed by atoms with Crippen LogP contribution in [-0.4, -0.2) is 16.6 Å². The second kappa shape index (κ2) is 8.74. The minimum atomic E-state index is -0.592. The van der Waals surface area contributed by atoms with Gasteiger partial charge in [-0.05, 0) is 56.0 Å². The predicted octanol–water partition coefficient (Wildman–Crippen LogP) is 4.56. The summed E-state index contributed by atoms with van der Waals surface area (Å²) in [5, 5.41) is 2.88. The quantitative estimate of drug-likeness (QED) is 0.501. The molecule has 0 N–H and O–H groups in total. The highest BCUT2D eigenvalue weighted by atomic mass is 35.5. The number of allylic oxidation sites excluding steroid dienone is 1. The molecule has 0 saturated heterocycles. The normalized spacial score (nSPS) is 16.5. The lowest BCUT2D eigenvalue weighted by Crippen LogP contribution is -2.39. The van der Waals surface area contributed by atoms with E-state index in [9.17, 15) is 9.59 Å². The number of halogens is 2. The first-order valence-corrected chi connectivity index (χ1v) is 11.9. The van der Waals surface area contributed by atoms with Crippen LogP contribution in [0.1, 0.15) is 37.3 Å². The number of thiophene rings is 1. The molecule has 9 heteroatoms. The van der Waals surface area contributed by atoms with E-state index in [1.54, 1.807) is 49.6 Å². The standard InChI is InChI=1S/C22H18Cl2N2O3S2/c1-11(2)29-21(28)18-12(3)25-22-26(19(18)16-5-4-8-30-16)20(27)17(31-22)9-13-6-7-14(23)10-15(13)24/h4-11,19H,1-3H3/b17-9+/t19-/m1/s1. The van der Waals surface area contributed by atoms with Gasteiger partial charge in [-0.2, -0.15) is 0 Å². The van der Waals surface area contributed by atoms with Crippen molar-refractivity contribution < 1.29 is 9.53 Å². The zero-order valence-electron chi connectivity index (χ0n) is 16.9. The molecule has 0 saturated carbocycles. The van der Waals surface area contributed by atoms with Crippen LogP contribution in [0.15, 0.2) is 56.8 Å². The van der Waals surface area contributed by atoms with Gasteiger partial charge in [0.15, 0.2) is 4.80 Å². The number of carbonyl (C=O) groups is 1. The lowest BCUT2D eigenvalue weighted by Gasteiger charge is -2.24. The van der Waals surface area contributed by atoms with Crippen molar-refractivity contribution >= 4 is 57.9 Å². The van der Waals surface area contributed by atoms with E-state index in [0.29, 0.717) is 36.2 Å². The molecule has 4 rings (SSSR count). The summed E-state index contributed by atoms with van der Waals surface area (Å²) >= 11 is 15.0. The molecule has 0 bridgehead atoms. The lowest BCUT2D eigenvalue weighted by molar-refractivity contribution is -0.143. The maximum atomic E-state index is 13.4. The molecule has 2 aromatic heterocycles. The fourth-order valence-electron chi connectivity index (χ4n) is 3.34. The lowest BCUT2D eigenvalue weighted by atomic mass is 10.0. The Morgan fingerprint density at radius 2 is 2.06 bits per heavy atom. The highest BCUT2D eigenvalue weighted by Gasteiger charge is 2.34. The van der Waals surface area contributed by atoms with E-state index in [1.807, 2.05) is 17.5 Å². The summed E-state index contributed by atoms with van der Waals surface area (Å²) in [7, 11) is 0. The van der Waals surface area contributed by atoms with Crippen LogP contribution in [0.25, 0.3) is 6.08 Å². The van der Waals surface area contributed by atoms with Gasteiger partial charge in [-0.3, -0.25) is 9.36 Å². The molecule has 0 spiro atoms. The number of rotatable bonds is 4. The molecule has 5 nitrogen and oxygen atoms in total. The molecule has 1 aromatic carbocycles. The summed E-state index contributed by atoms with van der Waals surface area (Å²) in [5.74, 6) is -0.468. The van der Waals surface area contributed by atoms with E-state index in [1.165, 1.54) is 22.7 Å². The largest absolute Gasteiger partial charge is 0.459 e. The number of benzene rings is 1. The second-order valence-corrected chi connectivity index (χ2v) is 10.0.